The quantitative estimate of drug-likeness (QED) is 0.933. The minimum Gasteiger partial charge on any atom is -0.491 e. The van der Waals surface area contributed by atoms with Crippen LogP contribution in [0.3, 0.4) is 0 Å². The summed E-state index contributed by atoms with van der Waals surface area (Å²) in [6.07, 6.45) is 1.50. The van der Waals surface area contributed by atoms with E-state index in [4.69, 9.17) is 4.74 Å². The monoisotopic (exact) mass is 286 g/mol. The van der Waals surface area contributed by atoms with E-state index in [0.29, 0.717) is 5.69 Å². The highest BCUT2D eigenvalue weighted by atomic mass is 16.5. The Bertz CT molecular complexity index is 692. The van der Waals surface area contributed by atoms with Crippen LogP contribution in [0.4, 0.5) is 0 Å². The van der Waals surface area contributed by atoms with E-state index in [-0.39, 0.29) is 23.1 Å². The lowest BCUT2D eigenvalue weighted by molar-refractivity contribution is 0.0930. The fourth-order valence-electron chi connectivity index (χ4n) is 2.08. The van der Waals surface area contributed by atoms with Gasteiger partial charge in [-0.25, -0.2) is 0 Å². The summed E-state index contributed by atoms with van der Waals surface area (Å²) in [6.45, 7) is 1.90. The van der Waals surface area contributed by atoms with E-state index in [1.54, 1.807) is 11.6 Å². The van der Waals surface area contributed by atoms with Crippen molar-refractivity contribution >= 4 is 5.91 Å². The fourth-order valence-corrected chi connectivity index (χ4v) is 2.08. The highest BCUT2D eigenvalue weighted by molar-refractivity contribution is 5.92. The third-order valence-corrected chi connectivity index (χ3v) is 3.30. The Kier molecular flexibility index (Phi) is 4.42. The van der Waals surface area contributed by atoms with Gasteiger partial charge < -0.3 is 14.6 Å². The van der Waals surface area contributed by atoms with Crippen LogP contribution in [-0.2, 0) is 7.05 Å². The number of amides is 1. The highest BCUT2D eigenvalue weighted by Gasteiger charge is 2.15. The number of methoxy groups -OCH3 is 1. The van der Waals surface area contributed by atoms with Gasteiger partial charge in [0.1, 0.15) is 5.69 Å². The summed E-state index contributed by atoms with van der Waals surface area (Å²) in [5.41, 5.74) is 0.987. The molecular weight excluding hydrogens is 268 g/mol. The molecule has 21 heavy (non-hydrogen) atoms. The average molecular weight is 286 g/mol. The van der Waals surface area contributed by atoms with E-state index in [1.165, 1.54) is 19.4 Å². The molecule has 1 aromatic heterocycles. The van der Waals surface area contributed by atoms with Gasteiger partial charge in [0.2, 0.25) is 5.43 Å². The number of nitrogens with zero attached hydrogens (tertiary/aromatic N) is 1. The minimum absolute atomic E-state index is 0.143. The number of benzene rings is 1. The molecule has 0 bridgehead atoms. The molecule has 5 nitrogen and oxygen atoms in total. The van der Waals surface area contributed by atoms with E-state index in [1.807, 2.05) is 37.3 Å². The van der Waals surface area contributed by atoms with E-state index in [2.05, 4.69) is 5.32 Å². The zero-order valence-electron chi connectivity index (χ0n) is 12.3. The van der Waals surface area contributed by atoms with Gasteiger partial charge in [-0.05, 0) is 12.5 Å². The summed E-state index contributed by atoms with van der Waals surface area (Å²) in [7, 11) is 3.12. The molecule has 1 unspecified atom stereocenters. The zero-order valence-corrected chi connectivity index (χ0v) is 12.3. The first-order valence-electron chi connectivity index (χ1n) is 6.63. The molecule has 1 heterocycles. The Balaban J connectivity index is 2.21. The number of rotatable bonds is 4. The fraction of sp³-hybridized carbons (Fsp3) is 0.250. The summed E-state index contributed by atoms with van der Waals surface area (Å²) in [6, 6.07) is 10.8. The second kappa shape index (κ2) is 6.26. The first-order valence-corrected chi connectivity index (χ1v) is 6.63. The molecule has 0 saturated heterocycles. The summed E-state index contributed by atoms with van der Waals surface area (Å²) in [5.74, 6) is -0.0845. The van der Waals surface area contributed by atoms with Gasteiger partial charge in [-0.2, -0.15) is 0 Å². The van der Waals surface area contributed by atoms with Crippen molar-refractivity contribution in [1.82, 2.24) is 9.88 Å². The van der Waals surface area contributed by atoms with Crippen LogP contribution in [0.15, 0.2) is 47.4 Å². The van der Waals surface area contributed by atoms with Gasteiger partial charge in [-0.1, -0.05) is 30.3 Å². The Morgan fingerprint density at radius 2 is 1.95 bits per heavy atom. The molecular formula is C16H18N2O3. The van der Waals surface area contributed by atoms with Crippen molar-refractivity contribution in [2.75, 3.05) is 7.11 Å². The van der Waals surface area contributed by atoms with E-state index < -0.39 is 0 Å². The van der Waals surface area contributed by atoms with Gasteiger partial charge >= 0.3 is 0 Å². The second-order valence-electron chi connectivity index (χ2n) is 4.81. The Hall–Kier alpha value is -2.56. The molecule has 2 rings (SSSR count). The topological polar surface area (TPSA) is 60.3 Å². The molecule has 0 spiro atoms. The summed E-state index contributed by atoms with van der Waals surface area (Å²) in [5, 5.41) is 2.88. The Morgan fingerprint density at radius 3 is 2.57 bits per heavy atom. The van der Waals surface area contributed by atoms with Crippen molar-refractivity contribution in [2.45, 2.75) is 13.0 Å². The van der Waals surface area contributed by atoms with Gasteiger partial charge in [0.25, 0.3) is 5.91 Å². The van der Waals surface area contributed by atoms with Crippen LogP contribution in [0.5, 0.6) is 5.75 Å². The van der Waals surface area contributed by atoms with Crippen LogP contribution in [0.2, 0.25) is 0 Å². The standard InChI is InChI=1S/C16H18N2O3/c1-11(12-7-5-4-6-8-12)17-16(20)13-9-14(19)15(21-3)10-18(13)2/h4-11H,1-3H3,(H,17,20). The van der Waals surface area contributed by atoms with Crippen LogP contribution >= 0.6 is 0 Å². The number of nitrogens with one attached hydrogen (secondary N) is 1. The van der Waals surface area contributed by atoms with Crippen LogP contribution in [-0.4, -0.2) is 17.6 Å². The number of hydrogen-bond acceptors (Lipinski definition) is 3. The molecule has 0 saturated carbocycles. The van der Waals surface area contributed by atoms with E-state index in [0.717, 1.165) is 5.56 Å². The molecule has 5 heteroatoms. The normalized spacial score (nSPS) is 11.8. The van der Waals surface area contributed by atoms with Crippen molar-refractivity contribution in [1.29, 1.82) is 0 Å². The Labute approximate surface area is 123 Å². The van der Waals surface area contributed by atoms with Crippen LogP contribution in [0.25, 0.3) is 0 Å². The number of pyridine rings is 1. The lowest BCUT2D eigenvalue weighted by Gasteiger charge is -2.16. The second-order valence-corrected chi connectivity index (χ2v) is 4.81. The largest absolute Gasteiger partial charge is 0.491 e. The molecule has 1 aromatic carbocycles. The molecule has 0 aliphatic heterocycles. The minimum atomic E-state index is -0.312. The van der Waals surface area contributed by atoms with Crippen molar-refractivity contribution in [3.8, 4) is 5.75 Å². The van der Waals surface area contributed by atoms with Crippen LogP contribution < -0.4 is 15.5 Å². The number of carbonyl (C=O) groups is 1. The third kappa shape index (κ3) is 3.31. The summed E-state index contributed by atoms with van der Waals surface area (Å²) < 4.78 is 6.52. The molecule has 110 valence electrons. The number of hydrogen-bond donors (Lipinski definition) is 1. The van der Waals surface area contributed by atoms with E-state index >= 15 is 0 Å². The van der Waals surface area contributed by atoms with Crippen molar-refractivity contribution in [2.24, 2.45) is 7.05 Å². The average Bonchev–Trinajstić information content (AvgIpc) is 2.49. The lowest BCUT2D eigenvalue weighted by Crippen LogP contribution is -2.30. The number of carbonyl (C=O) groups excluding carboxylic acids is 1. The van der Waals surface area contributed by atoms with Gasteiger partial charge in [0.15, 0.2) is 5.75 Å². The van der Waals surface area contributed by atoms with Crippen LogP contribution in [0, 0.1) is 0 Å². The number of aromatic nitrogens is 1. The molecule has 1 N–H and O–H groups in total. The molecule has 1 atom stereocenters. The third-order valence-electron chi connectivity index (χ3n) is 3.30. The first-order chi connectivity index (χ1) is 10.0. The molecule has 0 aliphatic carbocycles. The Morgan fingerprint density at radius 1 is 1.29 bits per heavy atom. The van der Waals surface area contributed by atoms with Gasteiger partial charge in [-0.15, -0.1) is 0 Å². The summed E-state index contributed by atoms with van der Waals surface area (Å²) in [4.78, 5) is 24.1. The lowest BCUT2D eigenvalue weighted by atomic mass is 10.1. The van der Waals surface area contributed by atoms with Crippen molar-refractivity contribution < 1.29 is 9.53 Å². The maximum Gasteiger partial charge on any atom is 0.268 e. The molecule has 2 aromatic rings. The SMILES string of the molecule is COc1cn(C)c(C(=O)NC(C)c2ccccc2)cc1=O. The predicted molar refractivity (Wildman–Crippen MR) is 80.6 cm³/mol. The molecule has 0 radical (unpaired) electrons. The number of ether oxygens (including phenoxy) is 1. The zero-order chi connectivity index (χ0) is 15.4. The number of aryl methyl sites for hydroxylation is 1. The maximum atomic E-state index is 12.3. The summed E-state index contributed by atoms with van der Waals surface area (Å²) >= 11 is 0. The van der Waals surface area contributed by atoms with Crippen LogP contribution in [0.1, 0.15) is 29.0 Å². The van der Waals surface area contributed by atoms with Gasteiger partial charge in [0, 0.05) is 13.1 Å². The van der Waals surface area contributed by atoms with Crippen molar-refractivity contribution in [3.05, 3.63) is 64.1 Å². The molecule has 1 amide bonds. The van der Waals surface area contributed by atoms with Gasteiger partial charge in [-0.3, -0.25) is 9.59 Å². The smallest absolute Gasteiger partial charge is 0.268 e. The maximum absolute atomic E-state index is 12.3. The molecule has 0 aliphatic rings. The first kappa shape index (κ1) is 14.8. The van der Waals surface area contributed by atoms with Crippen molar-refractivity contribution in [3.63, 3.8) is 0 Å². The van der Waals surface area contributed by atoms with Gasteiger partial charge in [0.05, 0.1) is 19.3 Å². The molecule has 0 fully saturated rings. The van der Waals surface area contributed by atoms with E-state index in [9.17, 15) is 9.59 Å². The highest BCUT2D eigenvalue weighted by Crippen LogP contribution is 2.12. The predicted octanol–water partition coefficient (Wildman–Crippen LogP) is 1.88.